The maximum absolute atomic E-state index is 12.1. The normalized spacial score (nSPS) is 13.3. The summed E-state index contributed by atoms with van der Waals surface area (Å²) in [6, 6.07) is 16.3. The van der Waals surface area contributed by atoms with Crippen molar-refractivity contribution in [3.8, 4) is 0 Å². The van der Waals surface area contributed by atoms with Gasteiger partial charge in [-0.2, -0.15) is 0 Å². The SMILES string of the molecule is O=Cc1ccc([N+](=O)[O-])c(C(c2cccc3ccccc23)S(=O)O)c1. The quantitative estimate of drug-likeness (QED) is 0.324. The van der Waals surface area contributed by atoms with Crippen molar-refractivity contribution in [3.63, 3.8) is 0 Å². The van der Waals surface area contributed by atoms with Crippen molar-refractivity contribution in [3.05, 3.63) is 87.5 Å². The molecule has 0 aromatic heterocycles. The number of hydrogen-bond donors (Lipinski definition) is 1. The number of nitrogens with zero attached hydrogens (tertiary/aromatic N) is 1. The van der Waals surface area contributed by atoms with Crippen LogP contribution in [0.3, 0.4) is 0 Å². The lowest BCUT2D eigenvalue weighted by atomic mass is 9.96. The van der Waals surface area contributed by atoms with Gasteiger partial charge in [0, 0.05) is 11.6 Å². The van der Waals surface area contributed by atoms with E-state index in [9.17, 15) is 23.7 Å². The zero-order chi connectivity index (χ0) is 18.0. The Balaban J connectivity index is 2.32. The molecule has 0 radical (unpaired) electrons. The van der Waals surface area contributed by atoms with Crippen LogP contribution < -0.4 is 0 Å². The van der Waals surface area contributed by atoms with E-state index in [0.717, 1.165) is 10.8 Å². The number of rotatable bonds is 5. The predicted molar refractivity (Wildman–Crippen MR) is 95.0 cm³/mol. The van der Waals surface area contributed by atoms with E-state index in [1.165, 1.54) is 18.2 Å². The standard InChI is InChI=1S/C18H13NO5S/c20-11-12-8-9-17(19(21)22)16(10-12)18(25(23)24)15-7-3-5-13-4-1-2-6-14(13)15/h1-11,18H,(H,23,24). The lowest BCUT2D eigenvalue weighted by Crippen LogP contribution is -2.11. The van der Waals surface area contributed by atoms with E-state index in [4.69, 9.17) is 0 Å². The Hall–Kier alpha value is -2.90. The molecule has 0 amide bonds. The van der Waals surface area contributed by atoms with Crippen LogP contribution in [-0.4, -0.2) is 20.0 Å². The Kier molecular flexibility index (Phi) is 4.69. The van der Waals surface area contributed by atoms with Gasteiger partial charge in [-0.3, -0.25) is 14.9 Å². The van der Waals surface area contributed by atoms with Crippen molar-refractivity contribution in [1.29, 1.82) is 0 Å². The number of nitro benzene ring substituents is 1. The molecule has 0 aliphatic rings. The Morgan fingerprint density at radius 2 is 1.76 bits per heavy atom. The molecule has 2 unspecified atom stereocenters. The number of benzene rings is 3. The summed E-state index contributed by atoms with van der Waals surface area (Å²) in [6.07, 6.45) is 0.549. The van der Waals surface area contributed by atoms with Gasteiger partial charge in [-0.15, -0.1) is 0 Å². The van der Waals surface area contributed by atoms with Gasteiger partial charge in [0.1, 0.15) is 11.5 Å². The molecule has 6 nitrogen and oxygen atoms in total. The topological polar surface area (TPSA) is 97.5 Å². The third-order valence-corrected chi connectivity index (χ3v) is 4.89. The summed E-state index contributed by atoms with van der Waals surface area (Å²) in [5.74, 6) is 0. The van der Waals surface area contributed by atoms with Gasteiger partial charge in [0.2, 0.25) is 0 Å². The molecule has 0 saturated carbocycles. The highest BCUT2D eigenvalue weighted by atomic mass is 32.2. The van der Waals surface area contributed by atoms with E-state index in [0.29, 0.717) is 11.8 Å². The first-order chi connectivity index (χ1) is 12.0. The number of hydrogen-bond acceptors (Lipinski definition) is 4. The van der Waals surface area contributed by atoms with Gasteiger partial charge < -0.3 is 4.55 Å². The van der Waals surface area contributed by atoms with E-state index in [2.05, 4.69) is 0 Å². The molecule has 3 rings (SSSR count). The predicted octanol–water partition coefficient (Wildman–Crippen LogP) is 3.87. The maximum Gasteiger partial charge on any atom is 0.274 e. The van der Waals surface area contributed by atoms with E-state index in [1.807, 2.05) is 18.2 Å². The zero-order valence-corrected chi connectivity index (χ0v) is 13.7. The van der Waals surface area contributed by atoms with Crippen molar-refractivity contribution < 1.29 is 18.5 Å². The molecule has 1 N–H and O–H groups in total. The second-order valence-corrected chi connectivity index (χ2v) is 6.44. The molecule has 0 heterocycles. The largest absolute Gasteiger partial charge is 0.305 e. The van der Waals surface area contributed by atoms with Crippen molar-refractivity contribution >= 4 is 33.8 Å². The Bertz CT molecular complexity index is 996. The Labute approximate surface area is 145 Å². The Morgan fingerprint density at radius 1 is 1.04 bits per heavy atom. The van der Waals surface area contributed by atoms with Gasteiger partial charge in [0.05, 0.1) is 10.5 Å². The molecule has 2 atom stereocenters. The summed E-state index contributed by atoms with van der Waals surface area (Å²) < 4.78 is 22.0. The first kappa shape index (κ1) is 16.9. The molecule has 3 aromatic rings. The smallest absolute Gasteiger partial charge is 0.274 e. The zero-order valence-electron chi connectivity index (χ0n) is 12.9. The molecular formula is C18H13NO5S. The third-order valence-electron chi connectivity index (χ3n) is 3.97. The monoisotopic (exact) mass is 355 g/mol. The number of nitro groups is 1. The minimum Gasteiger partial charge on any atom is -0.305 e. The molecule has 0 spiro atoms. The van der Waals surface area contributed by atoms with Crippen LogP contribution in [0.15, 0.2) is 60.7 Å². The molecule has 3 aromatic carbocycles. The van der Waals surface area contributed by atoms with E-state index in [1.54, 1.807) is 24.3 Å². The second-order valence-electron chi connectivity index (χ2n) is 5.42. The molecule has 0 bridgehead atoms. The summed E-state index contributed by atoms with van der Waals surface area (Å²) in [4.78, 5) is 21.8. The van der Waals surface area contributed by atoms with Gasteiger partial charge in [-0.05, 0) is 28.5 Å². The maximum atomic E-state index is 12.1. The van der Waals surface area contributed by atoms with E-state index in [-0.39, 0.29) is 16.8 Å². The Morgan fingerprint density at radius 3 is 2.44 bits per heavy atom. The molecule has 0 aliphatic heterocycles. The van der Waals surface area contributed by atoms with E-state index >= 15 is 0 Å². The molecule has 25 heavy (non-hydrogen) atoms. The van der Waals surface area contributed by atoms with Crippen LogP contribution in [0.4, 0.5) is 5.69 Å². The summed E-state index contributed by atoms with van der Waals surface area (Å²) in [6.45, 7) is 0. The fourth-order valence-corrected chi connectivity index (χ4v) is 3.72. The molecule has 0 saturated heterocycles. The van der Waals surface area contributed by atoms with Crippen molar-refractivity contribution in [1.82, 2.24) is 0 Å². The number of carbonyl (C=O) groups is 1. The fraction of sp³-hybridized carbons (Fsp3) is 0.0556. The molecular weight excluding hydrogens is 342 g/mol. The molecule has 0 fully saturated rings. The first-order valence-electron chi connectivity index (χ1n) is 7.33. The molecule has 7 heteroatoms. The number of fused-ring (bicyclic) bond motifs is 1. The third kappa shape index (κ3) is 3.19. The van der Waals surface area contributed by atoms with Gasteiger partial charge in [-0.1, -0.05) is 42.5 Å². The van der Waals surface area contributed by atoms with Crippen LogP contribution in [0.1, 0.15) is 26.7 Å². The first-order valence-corrected chi connectivity index (χ1v) is 8.50. The number of aldehydes is 1. The van der Waals surface area contributed by atoms with Crippen LogP contribution in [0.25, 0.3) is 10.8 Å². The number of carbonyl (C=O) groups excluding carboxylic acids is 1. The average Bonchev–Trinajstić information content (AvgIpc) is 2.61. The second kappa shape index (κ2) is 6.92. The summed E-state index contributed by atoms with van der Waals surface area (Å²) in [5.41, 5.74) is 0.430. The lowest BCUT2D eigenvalue weighted by molar-refractivity contribution is -0.385. The average molecular weight is 355 g/mol. The summed E-state index contributed by atoms with van der Waals surface area (Å²) >= 11 is -2.42. The molecule has 0 aliphatic carbocycles. The fourth-order valence-electron chi connectivity index (χ4n) is 2.89. The molecule has 126 valence electrons. The van der Waals surface area contributed by atoms with Crippen LogP contribution >= 0.6 is 0 Å². The van der Waals surface area contributed by atoms with Crippen LogP contribution in [0, 0.1) is 10.1 Å². The van der Waals surface area contributed by atoms with Crippen LogP contribution in [0.2, 0.25) is 0 Å². The minimum absolute atomic E-state index is 0.0341. The van der Waals surface area contributed by atoms with Gasteiger partial charge in [0.15, 0.2) is 11.1 Å². The lowest BCUT2D eigenvalue weighted by Gasteiger charge is -2.17. The van der Waals surface area contributed by atoms with Crippen molar-refractivity contribution in [2.45, 2.75) is 5.25 Å². The highest BCUT2D eigenvalue weighted by Gasteiger charge is 2.29. The summed E-state index contributed by atoms with van der Waals surface area (Å²) in [7, 11) is 0. The van der Waals surface area contributed by atoms with Crippen molar-refractivity contribution in [2.75, 3.05) is 0 Å². The van der Waals surface area contributed by atoms with Gasteiger partial charge in [0.25, 0.3) is 5.69 Å². The van der Waals surface area contributed by atoms with Crippen LogP contribution in [-0.2, 0) is 11.1 Å². The minimum atomic E-state index is -2.42. The highest BCUT2D eigenvalue weighted by molar-refractivity contribution is 7.79. The summed E-state index contributed by atoms with van der Waals surface area (Å²) in [5, 5.41) is 11.8. The highest BCUT2D eigenvalue weighted by Crippen LogP contribution is 2.37. The van der Waals surface area contributed by atoms with Gasteiger partial charge in [-0.25, -0.2) is 4.21 Å². The van der Waals surface area contributed by atoms with Crippen molar-refractivity contribution in [2.24, 2.45) is 0 Å². The van der Waals surface area contributed by atoms with E-state index < -0.39 is 21.3 Å². The van der Waals surface area contributed by atoms with Crippen LogP contribution in [0.5, 0.6) is 0 Å². The van der Waals surface area contributed by atoms with Gasteiger partial charge >= 0.3 is 0 Å².